The van der Waals surface area contributed by atoms with Gasteiger partial charge >= 0.3 is 0 Å². The van der Waals surface area contributed by atoms with E-state index < -0.39 is 5.25 Å². The molecule has 11 heteroatoms. The van der Waals surface area contributed by atoms with Gasteiger partial charge in [0.15, 0.2) is 16.7 Å². The van der Waals surface area contributed by atoms with Gasteiger partial charge in [-0.3, -0.25) is 14.5 Å². The number of nitrogens with zero attached hydrogens (tertiary/aromatic N) is 2. The molecule has 0 spiro atoms. The van der Waals surface area contributed by atoms with E-state index in [9.17, 15) is 9.59 Å². The largest absolute Gasteiger partial charge is 0.493 e. The van der Waals surface area contributed by atoms with Crippen LogP contribution in [0.1, 0.15) is 12.0 Å². The van der Waals surface area contributed by atoms with Gasteiger partial charge in [0.2, 0.25) is 11.8 Å². The molecule has 0 radical (unpaired) electrons. The van der Waals surface area contributed by atoms with Crippen molar-refractivity contribution in [3.8, 4) is 11.5 Å². The van der Waals surface area contributed by atoms with E-state index in [2.05, 4.69) is 10.3 Å². The van der Waals surface area contributed by atoms with E-state index in [-0.39, 0.29) is 18.2 Å². The SMILES string of the molecule is COc1ccc(CCN2C(=O)CC(C(=O)Nc3cc(Cl)cc(Cl)c3)SC2=Nc2cccc(Cl)c2)cc1OC. The monoisotopic (exact) mass is 591 g/mol. The highest BCUT2D eigenvalue weighted by molar-refractivity contribution is 8.15. The number of amides is 2. The Morgan fingerprint density at radius 1 is 1.00 bits per heavy atom. The van der Waals surface area contributed by atoms with Crippen molar-refractivity contribution < 1.29 is 19.1 Å². The molecule has 2 amide bonds. The first-order valence-corrected chi connectivity index (χ1v) is 13.6. The highest BCUT2D eigenvalue weighted by Crippen LogP contribution is 2.32. The fraction of sp³-hybridized carbons (Fsp3) is 0.222. The Morgan fingerprint density at radius 2 is 1.74 bits per heavy atom. The van der Waals surface area contributed by atoms with Crippen molar-refractivity contribution in [2.24, 2.45) is 4.99 Å². The number of hydrogen-bond donors (Lipinski definition) is 1. The lowest BCUT2D eigenvalue weighted by molar-refractivity contribution is -0.129. The smallest absolute Gasteiger partial charge is 0.238 e. The minimum atomic E-state index is -0.699. The summed E-state index contributed by atoms with van der Waals surface area (Å²) in [6, 6.07) is 17.4. The van der Waals surface area contributed by atoms with Crippen molar-refractivity contribution in [1.29, 1.82) is 0 Å². The molecule has 1 atom stereocenters. The second kappa shape index (κ2) is 12.8. The molecule has 1 heterocycles. The van der Waals surface area contributed by atoms with Gasteiger partial charge in [0.25, 0.3) is 0 Å². The number of amidine groups is 1. The predicted molar refractivity (Wildman–Crippen MR) is 155 cm³/mol. The van der Waals surface area contributed by atoms with Crippen LogP contribution in [0.15, 0.2) is 65.7 Å². The van der Waals surface area contributed by atoms with Crippen molar-refractivity contribution in [1.82, 2.24) is 4.90 Å². The summed E-state index contributed by atoms with van der Waals surface area (Å²) in [6.07, 6.45) is 0.546. The first-order valence-electron chi connectivity index (χ1n) is 11.5. The van der Waals surface area contributed by atoms with Crippen molar-refractivity contribution in [3.63, 3.8) is 0 Å². The number of nitrogens with one attached hydrogen (secondary N) is 1. The summed E-state index contributed by atoms with van der Waals surface area (Å²) in [5.41, 5.74) is 1.98. The van der Waals surface area contributed by atoms with E-state index in [1.807, 2.05) is 18.2 Å². The van der Waals surface area contributed by atoms with Gasteiger partial charge in [-0.25, -0.2) is 4.99 Å². The van der Waals surface area contributed by atoms with Crippen LogP contribution < -0.4 is 14.8 Å². The van der Waals surface area contributed by atoms with E-state index in [0.717, 1.165) is 5.56 Å². The molecule has 0 aromatic heterocycles. The summed E-state index contributed by atoms with van der Waals surface area (Å²) < 4.78 is 10.7. The molecule has 0 bridgehead atoms. The van der Waals surface area contributed by atoms with Gasteiger partial charge < -0.3 is 14.8 Å². The van der Waals surface area contributed by atoms with Crippen LogP contribution in [-0.2, 0) is 16.0 Å². The van der Waals surface area contributed by atoms with Crippen molar-refractivity contribution in [2.45, 2.75) is 18.1 Å². The molecule has 1 N–H and O–H groups in total. The molecule has 0 aliphatic carbocycles. The number of carbonyl (C=O) groups is 2. The molecule has 0 saturated carbocycles. The Labute approximate surface area is 240 Å². The molecular weight excluding hydrogens is 569 g/mol. The number of anilines is 1. The number of hydrogen-bond acceptors (Lipinski definition) is 6. The van der Waals surface area contributed by atoms with Crippen LogP contribution in [0.2, 0.25) is 15.1 Å². The second-order valence-electron chi connectivity index (χ2n) is 8.32. The molecule has 3 aromatic carbocycles. The molecule has 3 aromatic rings. The van der Waals surface area contributed by atoms with Crippen molar-refractivity contribution >= 4 is 74.9 Å². The van der Waals surface area contributed by atoms with Crippen LogP contribution in [0.4, 0.5) is 11.4 Å². The third kappa shape index (κ3) is 7.14. The van der Waals surface area contributed by atoms with Crippen LogP contribution in [0.5, 0.6) is 11.5 Å². The van der Waals surface area contributed by atoms with Gasteiger partial charge in [-0.05, 0) is 60.5 Å². The number of ether oxygens (including phenoxy) is 2. The number of methoxy groups -OCH3 is 2. The standard InChI is InChI=1S/C27H24Cl3N3O4S/c1-36-22-7-6-16(10-23(22)37-2)8-9-33-25(34)15-24(26(35)31-21-13-18(29)11-19(30)14-21)38-27(33)32-20-5-3-4-17(28)12-20/h3-7,10-14,24H,8-9,15H2,1-2H3,(H,31,35). The third-order valence-corrected chi connectivity index (χ3v) is 7.53. The lowest BCUT2D eigenvalue weighted by atomic mass is 10.1. The van der Waals surface area contributed by atoms with Gasteiger partial charge in [0.05, 0.1) is 19.9 Å². The fourth-order valence-corrected chi connectivity index (χ4v) is 5.68. The van der Waals surface area contributed by atoms with Crippen LogP contribution in [0, 0.1) is 0 Å². The number of rotatable bonds is 8. The van der Waals surface area contributed by atoms with Crippen LogP contribution in [-0.4, -0.2) is 47.9 Å². The zero-order chi connectivity index (χ0) is 27.2. The zero-order valence-corrected chi connectivity index (χ0v) is 23.6. The van der Waals surface area contributed by atoms with Crippen molar-refractivity contribution in [2.75, 3.05) is 26.1 Å². The number of halogens is 3. The first kappa shape index (κ1) is 28.1. The molecule has 7 nitrogen and oxygen atoms in total. The molecular formula is C27H24Cl3N3O4S. The van der Waals surface area contributed by atoms with E-state index in [4.69, 9.17) is 44.3 Å². The first-order chi connectivity index (χ1) is 18.2. The lowest BCUT2D eigenvalue weighted by Gasteiger charge is -2.32. The Hall–Kier alpha value is -2.91. The third-order valence-electron chi connectivity index (χ3n) is 5.67. The number of carbonyl (C=O) groups excluding carboxylic acids is 2. The summed E-state index contributed by atoms with van der Waals surface area (Å²) in [7, 11) is 3.15. The molecule has 1 fully saturated rings. The number of benzene rings is 3. The highest BCUT2D eigenvalue weighted by atomic mass is 35.5. The van der Waals surface area contributed by atoms with Crippen molar-refractivity contribution in [3.05, 3.63) is 81.3 Å². The fourth-order valence-electron chi connectivity index (χ4n) is 3.84. The van der Waals surface area contributed by atoms with E-state index >= 15 is 0 Å². The topological polar surface area (TPSA) is 80.2 Å². The average Bonchev–Trinajstić information content (AvgIpc) is 2.87. The Balaban J connectivity index is 1.56. The minimum Gasteiger partial charge on any atom is -0.493 e. The number of thioether (sulfide) groups is 1. The minimum absolute atomic E-state index is 0.00526. The number of aliphatic imine (C=N–C) groups is 1. The van der Waals surface area contributed by atoms with Crippen LogP contribution in [0.3, 0.4) is 0 Å². The molecule has 4 rings (SSSR count). The van der Waals surface area contributed by atoms with Gasteiger partial charge in [-0.1, -0.05) is 58.7 Å². The summed E-state index contributed by atoms with van der Waals surface area (Å²) >= 11 is 19.5. The molecule has 1 aliphatic heterocycles. The summed E-state index contributed by atoms with van der Waals surface area (Å²) in [4.78, 5) is 32.7. The summed E-state index contributed by atoms with van der Waals surface area (Å²) in [5, 5.41) is 3.82. The van der Waals surface area contributed by atoms with Crippen LogP contribution in [0.25, 0.3) is 0 Å². The predicted octanol–water partition coefficient (Wildman–Crippen LogP) is 6.87. The average molecular weight is 593 g/mol. The van der Waals surface area contributed by atoms with Gasteiger partial charge in [-0.2, -0.15) is 0 Å². The molecule has 1 unspecified atom stereocenters. The zero-order valence-electron chi connectivity index (χ0n) is 20.5. The Morgan fingerprint density at radius 3 is 2.42 bits per heavy atom. The Kier molecular flexibility index (Phi) is 9.44. The van der Waals surface area contributed by atoms with Gasteiger partial charge in [-0.15, -0.1) is 0 Å². The maximum atomic E-state index is 13.3. The van der Waals surface area contributed by atoms with Gasteiger partial charge in [0, 0.05) is 33.7 Å². The molecule has 1 aliphatic rings. The van der Waals surface area contributed by atoms with Crippen LogP contribution >= 0.6 is 46.6 Å². The lowest BCUT2D eigenvalue weighted by Crippen LogP contribution is -2.46. The quantitative estimate of drug-likeness (QED) is 0.309. The molecule has 38 heavy (non-hydrogen) atoms. The summed E-state index contributed by atoms with van der Waals surface area (Å²) in [6.45, 7) is 0.360. The Bertz CT molecular complexity index is 1370. The maximum absolute atomic E-state index is 13.3. The molecule has 1 saturated heterocycles. The maximum Gasteiger partial charge on any atom is 0.238 e. The normalized spacial score (nSPS) is 16.4. The van der Waals surface area contributed by atoms with E-state index in [1.54, 1.807) is 61.6 Å². The van der Waals surface area contributed by atoms with E-state index in [0.29, 0.717) is 56.1 Å². The van der Waals surface area contributed by atoms with E-state index in [1.165, 1.54) is 11.8 Å². The summed E-state index contributed by atoms with van der Waals surface area (Å²) in [5.74, 6) is 0.670. The molecule has 198 valence electrons. The highest BCUT2D eigenvalue weighted by Gasteiger charge is 2.36. The van der Waals surface area contributed by atoms with Gasteiger partial charge in [0.1, 0.15) is 5.25 Å². The second-order valence-corrected chi connectivity index (χ2v) is 10.8.